The Hall–Kier alpha value is -1.78. The number of carbonyl (C=O) groups excluding carboxylic acids is 2. The molecule has 1 heterocycles. The van der Waals surface area contributed by atoms with Crippen LogP contribution < -0.4 is 5.32 Å². The zero-order chi connectivity index (χ0) is 15.8. The van der Waals surface area contributed by atoms with Gasteiger partial charge in [0.25, 0.3) is 5.91 Å². The summed E-state index contributed by atoms with van der Waals surface area (Å²) in [7, 11) is 1.92. The lowest BCUT2D eigenvalue weighted by molar-refractivity contribution is -0.132. The highest BCUT2D eigenvalue weighted by atomic mass is 16.3. The molecule has 1 N–H and O–H groups in total. The molecular weight excluding hydrogens is 280 g/mol. The molecule has 1 saturated carbocycles. The van der Waals surface area contributed by atoms with Gasteiger partial charge in [-0.15, -0.1) is 0 Å². The van der Waals surface area contributed by atoms with Gasteiger partial charge in [0.2, 0.25) is 5.91 Å². The van der Waals surface area contributed by atoms with E-state index in [1.165, 1.54) is 31.9 Å². The quantitative estimate of drug-likeness (QED) is 0.649. The second kappa shape index (κ2) is 8.61. The van der Waals surface area contributed by atoms with Gasteiger partial charge in [-0.2, -0.15) is 0 Å². The summed E-state index contributed by atoms with van der Waals surface area (Å²) < 4.78 is 5.02. The number of hydrogen-bond donors (Lipinski definition) is 1. The summed E-state index contributed by atoms with van der Waals surface area (Å²) in [5.74, 6) is 0.260. The minimum Gasteiger partial charge on any atom is -0.459 e. The molecule has 22 heavy (non-hydrogen) atoms. The van der Waals surface area contributed by atoms with Crippen LogP contribution in [0.1, 0.15) is 61.9 Å². The van der Waals surface area contributed by atoms with Crippen molar-refractivity contribution in [1.82, 2.24) is 10.2 Å². The lowest BCUT2D eigenvalue weighted by Gasteiger charge is -2.27. The van der Waals surface area contributed by atoms with E-state index >= 15 is 0 Å². The van der Waals surface area contributed by atoms with Gasteiger partial charge in [0.1, 0.15) is 0 Å². The summed E-state index contributed by atoms with van der Waals surface area (Å²) in [6, 6.07) is 3.70. The minimum absolute atomic E-state index is 0.180. The molecule has 0 atom stereocenters. The third kappa shape index (κ3) is 4.90. The molecule has 1 aliphatic carbocycles. The maximum atomic E-state index is 12.2. The molecule has 0 radical (unpaired) electrons. The molecule has 5 nitrogen and oxygen atoms in total. The van der Waals surface area contributed by atoms with Gasteiger partial charge in [0.15, 0.2) is 5.76 Å². The van der Waals surface area contributed by atoms with Gasteiger partial charge in [-0.3, -0.25) is 9.59 Å². The molecule has 122 valence electrons. The molecule has 0 saturated heterocycles. The number of carbonyl (C=O) groups is 2. The number of furan rings is 1. The largest absolute Gasteiger partial charge is 0.459 e. The summed E-state index contributed by atoms with van der Waals surface area (Å²) in [6.07, 6.45) is 9.88. The predicted octanol–water partition coefficient (Wildman–Crippen LogP) is 2.97. The third-order valence-electron chi connectivity index (χ3n) is 4.36. The van der Waals surface area contributed by atoms with Crippen LogP contribution in [0.25, 0.3) is 0 Å². The van der Waals surface area contributed by atoms with Gasteiger partial charge in [-0.25, -0.2) is 0 Å². The Morgan fingerprint density at radius 2 is 2.00 bits per heavy atom. The molecular formula is C17H26N2O3. The predicted molar refractivity (Wildman–Crippen MR) is 84.5 cm³/mol. The SMILES string of the molecule is CN(C(=O)CCCNC(=O)c1ccco1)C1CCCCCC1. The van der Waals surface area contributed by atoms with E-state index < -0.39 is 0 Å². The topological polar surface area (TPSA) is 62.6 Å². The zero-order valence-corrected chi connectivity index (χ0v) is 13.3. The Bertz CT molecular complexity index is 462. The fraction of sp³-hybridized carbons (Fsp3) is 0.647. The first-order valence-corrected chi connectivity index (χ1v) is 8.26. The zero-order valence-electron chi connectivity index (χ0n) is 13.3. The summed E-state index contributed by atoms with van der Waals surface area (Å²) in [4.78, 5) is 25.8. The molecule has 2 rings (SSSR count). The highest BCUT2D eigenvalue weighted by Gasteiger charge is 2.20. The first-order chi connectivity index (χ1) is 10.7. The van der Waals surface area contributed by atoms with Crippen molar-refractivity contribution in [2.45, 2.75) is 57.4 Å². The molecule has 5 heteroatoms. The second-order valence-electron chi connectivity index (χ2n) is 5.99. The van der Waals surface area contributed by atoms with Gasteiger partial charge in [0.05, 0.1) is 6.26 Å². The van der Waals surface area contributed by atoms with E-state index in [-0.39, 0.29) is 11.8 Å². The number of nitrogens with zero attached hydrogens (tertiary/aromatic N) is 1. The molecule has 0 bridgehead atoms. The highest BCUT2D eigenvalue weighted by molar-refractivity contribution is 5.91. The molecule has 0 aliphatic heterocycles. The van der Waals surface area contributed by atoms with E-state index in [0.29, 0.717) is 31.2 Å². The molecule has 1 aromatic rings. The van der Waals surface area contributed by atoms with E-state index in [0.717, 1.165) is 12.8 Å². The molecule has 1 aromatic heterocycles. The summed E-state index contributed by atoms with van der Waals surface area (Å²) in [5, 5.41) is 2.77. The molecule has 1 aliphatic rings. The van der Waals surface area contributed by atoms with Crippen LogP contribution in [0.4, 0.5) is 0 Å². The van der Waals surface area contributed by atoms with Gasteiger partial charge < -0.3 is 14.6 Å². The molecule has 0 aromatic carbocycles. The van der Waals surface area contributed by atoms with Crippen molar-refractivity contribution in [2.75, 3.05) is 13.6 Å². The van der Waals surface area contributed by atoms with Crippen LogP contribution in [0.2, 0.25) is 0 Å². The molecule has 2 amide bonds. The van der Waals surface area contributed by atoms with Crippen LogP contribution >= 0.6 is 0 Å². The molecule has 0 unspecified atom stereocenters. The number of amides is 2. The Morgan fingerprint density at radius 3 is 2.64 bits per heavy atom. The van der Waals surface area contributed by atoms with Crippen LogP contribution in [0.3, 0.4) is 0 Å². The first kappa shape index (κ1) is 16.6. The fourth-order valence-electron chi connectivity index (χ4n) is 2.96. The smallest absolute Gasteiger partial charge is 0.286 e. The van der Waals surface area contributed by atoms with Crippen LogP contribution in [-0.2, 0) is 4.79 Å². The Labute approximate surface area is 132 Å². The summed E-state index contributed by atoms with van der Waals surface area (Å²) >= 11 is 0. The van der Waals surface area contributed by atoms with Crippen molar-refractivity contribution < 1.29 is 14.0 Å². The van der Waals surface area contributed by atoms with Gasteiger partial charge in [0, 0.05) is 26.1 Å². The standard InChI is InChI=1S/C17H26N2O3/c1-19(14-8-4-2-3-5-9-14)16(20)11-6-12-18-17(21)15-10-7-13-22-15/h7,10,13-14H,2-6,8-9,11-12H2,1H3,(H,18,21). The van der Waals surface area contributed by atoms with Gasteiger partial charge in [-0.1, -0.05) is 25.7 Å². The summed E-state index contributed by atoms with van der Waals surface area (Å²) in [6.45, 7) is 0.490. The van der Waals surface area contributed by atoms with Crippen LogP contribution in [0, 0.1) is 0 Å². The van der Waals surface area contributed by atoms with Gasteiger partial charge in [-0.05, 0) is 31.4 Å². The summed E-state index contributed by atoms with van der Waals surface area (Å²) in [5.41, 5.74) is 0. The number of rotatable bonds is 6. The third-order valence-corrected chi connectivity index (χ3v) is 4.36. The van der Waals surface area contributed by atoms with E-state index in [4.69, 9.17) is 4.42 Å². The monoisotopic (exact) mass is 306 g/mol. The lowest BCUT2D eigenvalue weighted by Crippen LogP contribution is -2.37. The number of nitrogens with one attached hydrogen (secondary N) is 1. The van der Waals surface area contributed by atoms with Crippen LogP contribution in [-0.4, -0.2) is 36.3 Å². The number of hydrogen-bond acceptors (Lipinski definition) is 3. The normalized spacial score (nSPS) is 16.0. The minimum atomic E-state index is -0.227. The highest BCUT2D eigenvalue weighted by Crippen LogP contribution is 2.21. The van der Waals surface area contributed by atoms with E-state index in [2.05, 4.69) is 5.32 Å². The first-order valence-electron chi connectivity index (χ1n) is 8.26. The Morgan fingerprint density at radius 1 is 1.27 bits per heavy atom. The second-order valence-corrected chi connectivity index (χ2v) is 5.99. The molecule has 1 fully saturated rings. The average molecular weight is 306 g/mol. The van der Waals surface area contributed by atoms with E-state index in [9.17, 15) is 9.59 Å². The van der Waals surface area contributed by atoms with E-state index in [1.807, 2.05) is 11.9 Å². The van der Waals surface area contributed by atoms with Crippen molar-refractivity contribution in [3.8, 4) is 0 Å². The van der Waals surface area contributed by atoms with Crippen LogP contribution in [0.15, 0.2) is 22.8 Å². The van der Waals surface area contributed by atoms with Crippen molar-refractivity contribution in [1.29, 1.82) is 0 Å². The van der Waals surface area contributed by atoms with Crippen molar-refractivity contribution in [2.24, 2.45) is 0 Å². The maximum absolute atomic E-state index is 12.2. The lowest BCUT2D eigenvalue weighted by atomic mass is 10.1. The van der Waals surface area contributed by atoms with E-state index in [1.54, 1.807) is 12.1 Å². The fourth-order valence-corrected chi connectivity index (χ4v) is 2.96. The van der Waals surface area contributed by atoms with Crippen molar-refractivity contribution >= 4 is 11.8 Å². The van der Waals surface area contributed by atoms with Crippen molar-refractivity contribution in [3.63, 3.8) is 0 Å². The van der Waals surface area contributed by atoms with Crippen molar-refractivity contribution in [3.05, 3.63) is 24.2 Å². The Kier molecular flexibility index (Phi) is 6.49. The van der Waals surface area contributed by atoms with Gasteiger partial charge >= 0.3 is 0 Å². The Balaban J connectivity index is 1.65. The average Bonchev–Trinajstić information content (AvgIpc) is 2.93. The molecule has 0 spiro atoms. The van der Waals surface area contributed by atoms with Crippen LogP contribution in [0.5, 0.6) is 0 Å². The maximum Gasteiger partial charge on any atom is 0.286 e.